The van der Waals surface area contributed by atoms with Crippen molar-refractivity contribution < 1.29 is 0 Å². The molecule has 0 saturated heterocycles. The second-order valence-corrected chi connectivity index (χ2v) is 15.4. The molecule has 1 aliphatic carbocycles. The molecule has 0 N–H and O–H groups in total. The summed E-state index contributed by atoms with van der Waals surface area (Å²) in [6, 6.07) is 71.2. The third-order valence-corrected chi connectivity index (χ3v) is 12.2. The van der Waals surface area contributed by atoms with Gasteiger partial charge in [0.2, 0.25) is 5.95 Å². The molecular weight excluding hydrogens is 731 g/mol. The average molecular weight is 766 g/mol. The average Bonchev–Trinajstić information content (AvgIpc) is 3.83. The van der Waals surface area contributed by atoms with Crippen molar-refractivity contribution in [2.24, 2.45) is 0 Å². The van der Waals surface area contributed by atoms with E-state index in [1.165, 1.54) is 44.0 Å². The maximum absolute atomic E-state index is 5.24. The minimum Gasteiger partial charge on any atom is -0.278 e. The van der Waals surface area contributed by atoms with Crippen molar-refractivity contribution in [2.45, 2.75) is 5.41 Å². The molecule has 0 aliphatic heterocycles. The van der Waals surface area contributed by atoms with Crippen LogP contribution in [0.15, 0.2) is 213 Å². The van der Waals surface area contributed by atoms with Crippen molar-refractivity contribution in [2.75, 3.05) is 0 Å². The Kier molecular flexibility index (Phi) is 7.69. The highest BCUT2D eigenvalue weighted by atomic mass is 15.2. The Morgan fingerprint density at radius 3 is 1.70 bits per heavy atom. The van der Waals surface area contributed by atoms with E-state index in [4.69, 9.17) is 15.0 Å². The summed E-state index contributed by atoms with van der Waals surface area (Å²) in [5.41, 5.74) is 13.0. The predicted molar refractivity (Wildman–Crippen MR) is 243 cm³/mol. The Labute approximate surface area is 347 Å². The van der Waals surface area contributed by atoms with E-state index in [0.717, 1.165) is 44.2 Å². The van der Waals surface area contributed by atoms with Gasteiger partial charge in [0.15, 0.2) is 11.6 Å². The van der Waals surface area contributed by atoms with Crippen molar-refractivity contribution in [3.8, 4) is 51.0 Å². The molecule has 0 radical (unpaired) electrons. The van der Waals surface area contributed by atoms with E-state index >= 15 is 0 Å². The molecule has 0 amide bonds. The summed E-state index contributed by atoms with van der Waals surface area (Å²) in [6.45, 7) is 0. The molecule has 8 aromatic carbocycles. The van der Waals surface area contributed by atoms with Crippen molar-refractivity contribution in [1.29, 1.82) is 0 Å². The van der Waals surface area contributed by atoms with Gasteiger partial charge in [0, 0.05) is 34.3 Å². The molecule has 11 aromatic rings. The Bertz CT molecular complexity index is 3320. The number of hydrogen-bond acceptors (Lipinski definition) is 4. The molecule has 1 aliphatic rings. The Morgan fingerprint density at radius 2 is 0.983 bits per heavy atom. The first-order valence-corrected chi connectivity index (χ1v) is 20.3. The Morgan fingerprint density at radius 1 is 0.383 bits per heavy atom. The fourth-order valence-electron chi connectivity index (χ4n) is 9.69. The number of fused-ring (bicyclic) bond motifs is 8. The van der Waals surface area contributed by atoms with Crippen LogP contribution in [0, 0.1) is 0 Å². The van der Waals surface area contributed by atoms with Crippen molar-refractivity contribution in [3.63, 3.8) is 0 Å². The minimum atomic E-state index is -0.524. The van der Waals surface area contributed by atoms with E-state index in [9.17, 15) is 0 Å². The van der Waals surface area contributed by atoms with Crippen LogP contribution in [-0.2, 0) is 5.41 Å². The van der Waals surface area contributed by atoms with E-state index in [0.29, 0.717) is 17.6 Å². The molecule has 5 heteroatoms. The molecule has 3 heterocycles. The van der Waals surface area contributed by atoms with Crippen LogP contribution in [0.4, 0.5) is 0 Å². The Balaban J connectivity index is 1.14. The van der Waals surface area contributed by atoms with Gasteiger partial charge < -0.3 is 0 Å². The zero-order chi connectivity index (χ0) is 39.6. The maximum Gasteiger partial charge on any atom is 0.238 e. The summed E-state index contributed by atoms with van der Waals surface area (Å²) < 4.78 is 2.23. The maximum atomic E-state index is 5.24. The number of rotatable bonds is 6. The molecule has 5 nitrogen and oxygen atoms in total. The first-order valence-electron chi connectivity index (χ1n) is 20.3. The van der Waals surface area contributed by atoms with Crippen LogP contribution in [0.5, 0.6) is 0 Å². The highest BCUT2D eigenvalue weighted by molar-refractivity contribution is 6.24. The van der Waals surface area contributed by atoms with Crippen LogP contribution in [0.2, 0.25) is 0 Å². The van der Waals surface area contributed by atoms with E-state index < -0.39 is 5.41 Å². The van der Waals surface area contributed by atoms with E-state index in [1.807, 2.05) is 54.9 Å². The number of para-hydroxylation sites is 1. The summed E-state index contributed by atoms with van der Waals surface area (Å²) in [6.07, 6.45) is 3.89. The van der Waals surface area contributed by atoms with Crippen molar-refractivity contribution in [3.05, 3.63) is 235 Å². The topological polar surface area (TPSA) is 56.5 Å². The molecule has 0 saturated carbocycles. The van der Waals surface area contributed by atoms with Crippen molar-refractivity contribution in [1.82, 2.24) is 24.5 Å². The lowest BCUT2D eigenvalue weighted by molar-refractivity contribution is 0.763. The molecule has 0 spiro atoms. The molecule has 3 aromatic heterocycles. The molecule has 60 heavy (non-hydrogen) atoms. The smallest absolute Gasteiger partial charge is 0.238 e. The quantitative estimate of drug-likeness (QED) is 0.169. The first-order chi connectivity index (χ1) is 29.8. The molecule has 1 unspecified atom stereocenters. The Hall–Kier alpha value is -8.02. The number of pyridine rings is 1. The first kappa shape index (κ1) is 34.1. The molecule has 12 rings (SSSR count). The second kappa shape index (κ2) is 13.5. The summed E-state index contributed by atoms with van der Waals surface area (Å²) in [5, 5.41) is 4.67. The van der Waals surface area contributed by atoms with E-state index in [-0.39, 0.29) is 0 Å². The SMILES string of the molecule is c1ccc(-c2nc(-c3ccccc3)nc(-n3c4ccccc4c4c5ccccc5c(-c5ccc6c(c5)-c5ccccc5C6(c5ccccc5)c5cccnc5)cc43)n2)cc1. The van der Waals surface area contributed by atoms with Gasteiger partial charge in [0.05, 0.1) is 16.4 Å². The van der Waals surface area contributed by atoms with Crippen LogP contribution in [-0.4, -0.2) is 24.5 Å². The summed E-state index contributed by atoms with van der Waals surface area (Å²) in [4.78, 5) is 20.2. The molecule has 0 bridgehead atoms. The molecule has 1 atom stereocenters. The van der Waals surface area contributed by atoms with Crippen LogP contribution in [0.3, 0.4) is 0 Å². The largest absolute Gasteiger partial charge is 0.278 e. The zero-order valence-electron chi connectivity index (χ0n) is 32.4. The summed E-state index contributed by atoms with van der Waals surface area (Å²) in [7, 11) is 0. The highest BCUT2D eigenvalue weighted by Crippen LogP contribution is 2.57. The zero-order valence-corrected chi connectivity index (χ0v) is 32.4. The fraction of sp³-hybridized carbons (Fsp3) is 0.0182. The normalized spacial score (nSPS) is 14.4. The standard InChI is InChI=1S/C55H35N5/c1-4-17-36(18-5-1)52-57-53(37-19-6-2-7-20-37)59-54(58-52)60-49-29-15-13-27-44(49)51-43-26-11-10-24-41(43)45(34-50(51)60)38-30-31-48-46(33-38)42-25-12-14-28-47(42)55(48,39-21-8-3-9-22-39)40-23-16-32-56-35-40/h1-35H. The van der Waals surface area contributed by atoms with Gasteiger partial charge in [-0.25, -0.2) is 4.98 Å². The van der Waals surface area contributed by atoms with Crippen LogP contribution in [0.25, 0.3) is 83.6 Å². The number of benzene rings is 8. The predicted octanol–water partition coefficient (Wildman–Crippen LogP) is 12.9. The number of nitrogens with zero attached hydrogens (tertiary/aromatic N) is 5. The van der Waals surface area contributed by atoms with Gasteiger partial charge in [0.25, 0.3) is 0 Å². The fourth-order valence-corrected chi connectivity index (χ4v) is 9.69. The van der Waals surface area contributed by atoms with Gasteiger partial charge in [-0.15, -0.1) is 0 Å². The minimum absolute atomic E-state index is 0.524. The lowest BCUT2D eigenvalue weighted by Gasteiger charge is -2.33. The lowest BCUT2D eigenvalue weighted by atomic mass is 9.68. The van der Waals surface area contributed by atoms with E-state index in [1.54, 1.807) is 0 Å². The van der Waals surface area contributed by atoms with Crippen LogP contribution >= 0.6 is 0 Å². The monoisotopic (exact) mass is 765 g/mol. The molecular formula is C55H35N5. The number of aromatic nitrogens is 5. The van der Waals surface area contributed by atoms with Gasteiger partial charge in [-0.1, -0.05) is 176 Å². The summed E-state index contributed by atoms with van der Waals surface area (Å²) in [5.74, 6) is 1.82. The van der Waals surface area contributed by atoms with Crippen molar-refractivity contribution >= 4 is 32.6 Å². The van der Waals surface area contributed by atoms with Gasteiger partial charge in [0.1, 0.15) is 0 Å². The lowest BCUT2D eigenvalue weighted by Crippen LogP contribution is -2.28. The summed E-state index contributed by atoms with van der Waals surface area (Å²) >= 11 is 0. The van der Waals surface area contributed by atoms with Gasteiger partial charge in [-0.2, -0.15) is 9.97 Å². The molecule has 0 fully saturated rings. The number of hydrogen-bond donors (Lipinski definition) is 0. The van der Waals surface area contributed by atoms with Gasteiger partial charge in [-0.3, -0.25) is 9.55 Å². The van der Waals surface area contributed by atoms with Crippen LogP contribution < -0.4 is 0 Å². The van der Waals surface area contributed by atoms with E-state index in [2.05, 4.69) is 167 Å². The van der Waals surface area contributed by atoms with Crippen LogP contribution in [0.1, 0.15) is 22.3 Å². The van der Waals surface area contributed by atoms with Gasteiger partial charge >= 0.3 is 0 Å². The highest BCUT2D eigenvalue weighted by Gasteiger charge is 2.46. The third-order valence-electron chi connectivity index (χ3n) is 12.2. The second-order valence-electron chi connectivity index (χ2n) is 15.4. The molecule has 280 valence electrons. The van der Waals surface area contributed by atoms with Gasteiger partial charge in [-0.05, 0) is 79.5 Å². The third kappa shape index (κ3) is 5.06.